The Bertz CT molecular complexity index is 195. The maximum absolute atomic E-state index is 10.7. The van der Waals surface area contributed by atoms with Gasteiger partial charge in [-0.1, -0.05) is 0 Å². The van der Waals surface area contributed by atoms with Crippen LogP contribution in [0.3, 0.4) is 0 Å². The summed E-state index contributed by atoms with van der Waals surface area (Å²) in [6, 6.07) is 0. The summed E-state index contributed by atoms with van der Waals surface area (Å²) >= 11 is 0. The number of esters is 1. The Hall–Kier alpha value is -1.45. The van der Waals surface area contributed by atoms with Gasteiger partial charge < -0.3 is 9.57 Å². The van der Waals surface area contributed by atoms with Crippen LogP contribution < -0.4 is 5.48 Å². The second-order valence-corrected chi connectivity index (χ2v) is 1.60. The van der Waals surface area contributed by atoms with Crippen molar-refractivity contribution in [1.29, 1.82) is 0 Å². The van der Waals surface area contributed by atoms with Crippen LogP contribution in [0.25, 0.3) is 0 Å². The first-order chi connectivity index (χ1) is 4.84. The molecule has 4 heteroatoms. The van der Waals surface area contributed by atoms with E-state index in [9.17, 15) is 4.79 Å². The maximum Gasteiger partial charge on any atom is 0.376 e. The fourth-order valence-corrected chi connectivity index (χ4v) is 0.517. The van der Waals surface area contributed by atoms with Gasteiger partial charge in [0.05, 0.1) is 7.11 Å². The predicted octanol–water partition coefficient (Wildman–Crippen LogP) is 0.0918. The van der Waals surface area contributed by atoms with E-state index in [0.29, 0.717) is 0 Å². The second-order valence-electron chi connectivity index (χ2n) is 1.60. The zero-order chi connectivity index (χ0) is 7.40. The minimum atomic E-state index is -0.489. The van der Waals surface area contributed by atoms with Gasteiger partial charge in [-0.3, -0.25) is 0 Å². The van der Waals surface area contributed by atoms with Gasteiger partial charge in [-0.05, 0) is 12.2 Å². The Morgan fingerprint density at radius 2 is 2.60 bits per heavy atom. The van der Waals surface area contributed by atoms with Crippen LogP contribution in [-0.4, -0.2) is 13.1 Å². The Kier molecular flexibility index (Phi) is 1.94. The van der Waals surface area contributed by atoms with E-state index in [-0.39, 0.29) is 5.76 Å². The third-order valence-electron chi connectivity index (χ3n) is 0.967. The van der Waals surface area contributed by atoms with E-state index in [1.165, 1.54) is 13.2 Å². The molecule has 1 rings (SSSR count). The van der Waals surface area contributed by atoms with Crippen molar-refractivity contribution in [2.45, 2.75) is 0 Å². The van der Waals surface area contributed by atoms with E-state index in [1.54, 1.807) is 12.3 Å². The molecule has 4 nitrogen and oxygen atoms in total. The summed E-state index contributed by atoms with van der Waals surface area (Å²) in [6.07, 6.45) is 4.73. The first-order valence-electron chi connectivity index (χ1n) is 2.72. The molecule has 0 saturated heterocycles. The van der Waals surface area contributed by atoms with Crippen LogP contribution in [0.5, 0.6) is 0 Å². The second kappa shape index (κ2) is 2.91. The number of rotatable bonds is 1. The molecule has 0 saturated carbocycles. The predicted molar refractivity (Wildman–Crippen MR) is 33.5 cm³/mol. The van der Waals surface area contributed by atoms with Crippen molar-refractivity contribution in [3.05, 3.63) is 24.1 Å². The largest absolute Gasteiger partial charge is 0.463 e. The number of carbonyl (C=O) groups excluding carboxylic acids is 1. The van der Waals surface area contributed by atoms with Gasteiger partial charge in [0.1, 0.15) is 0 Å². The van der Waals surface area contributed by atoms with Crippen molar-refractivity contribution >= 4 is 5.97 Å². The zero-order valence-corrected chi connectivity index (χ0v) is 5.46. The van der Waals surface area contributed by atoms with Crippen LogP contribution in [0.2, 0.25) is 0 Å². The highest BCUT2D eigenvalue weighted by molar-refractivity contribution is 5.86. The summed E-state index contributed by atoms with van der Waals surface area (Å²) < 4.78 is 4.38. The molecule has 1 heterocycles. The van der Waals surface area contributed by atoms with E-state index in [0.717, 1.165) is 0 Å². The number of nitrogens with one attached hydrogen (secondary N) is 1. The minimum Gasteiger partial charge on any atom is -0.463 e. The lowest BCUT2D eigenvalue weighted by molar-refractivity contribution is -0.141. The van der Waals surface area contributed by atoms with Crippen molar-refractivity contribution in [3.8, 4) is 0 Å². The number of hydrogen-bond acceptors (Lipinski definition) is 4. The first kappa shape index (κ1) is 6.67. The molecule has 0 radical (unpaired) electrons. The molecule has 54 valence electrons. The highest BCUT2D eigenvalue weighted by Crippen LogP contribution is 2.01. The van der Waals surface area contributed by atoms with E-state index in [1.807, 2.05) is 0 Å². The Morgan fingerprint density at radius 3 is 3.10 bits per heavy atom. The molecule has 0 aromatic rings. The number of carbonyl (C=O) groups is 1. The quantitative estimate of drug-likeness (QED) is 0.526. The number of hydroxylamine groups is 1. The van der Waals surface area contributed by atoms with Crippen LogP contribution in [0.4, 0.5) is 0 Å². The minimum absolute atomic E-state index is 0.157. The van der Waals surface area contributed by atoms with E-state index in [4.69, 9.17) is 0 Å². The monoisotopic (exact) mass is 141 g/mol. The smallest absolute Gasteiger partial charge is 0.376 e. The summed E-state index contributed by atoms with van der Waals surface area (Å²) in [4.78, 5) is 15.4. The van der Waals surface area contributed by atoms with Crippen LogP contribution in [-0.2, 0) is 14.4 Å². The third-order valence-corrected chi connectivity index (χ3v) is 0.967. The lowest BCUT2D eigenvalue weighted by Gasteiger charge is -2.08. The third kappa shape index (κ3) is 1.28. The molecule has 1 aliphatic rings. The fourth-order valence-electron chi connectivity index (χ4n) is 0.517. The molecular weight excluding hydrogens is 134 g/mol. The first-order valence-corrected chi connectivity index (χ1v) is 2.72. The molecule has 0 aromatic carbocycles. The van der Waals surface area contributed by atoms with Crippen molar-refractivity contribution in [3.63, 3.8) is 0 Å². The summed E-state index contributed by atoms with van der Waals surface area (Å²) in [6.45, 7) is 0. The SMILES string of the molecule is COC(=O)C1=CC=CNO1. The fraction of sp³-hybridized carbons (Fsp3) is 0.167. The Balaban J connectivity index is 2.62. The number of methoxy groups -OCH3 is 1. The van der Waals surface area contributed by atoms with E-state index < -0.39 is 5.97 Å². The van der Waals surface area contributed by atoms with Gasteiger partial charge in [-0.2, -0.15) is 0 Å². The molecule has 0 aliphatic carbocycles. The average molecular weight is 141 g/mol. The van der Waals surface area contributed by atoms with Crippen molar-refractivity contribution in [2.75, 3.05) is 7.11 Å². The summed E-state index contributed by atoms with van der Waals surface area (Å²) in [5, 5.41) is 0. The lowest BCUT2D eigenvalue weighted by Crippen LogP contribution is -2.16. The summed E-state index contributed by atoms with van der Waals surface area (Å²) in [5.41, 5.74) is 2.40. The molecule has 0 amide bonds. The highest BCUT2D eigenvalue weighted by Gasteiger charge is 2.11. The maximum atomic E-state index is 10.7. The van der Waals surface area contributed by atoms with E-state index >= 15 is 0 Å². The molecule has 0 fully saturated rings. The van der Waals surface area contributed by atoms with Crippen molar-refractivity contribution in [2.24, 2.45) is 0 Å². The van der Waals surface area contributed by atoms with Gasteiger partial charge in [-0.15, -0.1) is 0 Å². The molecule has 10 heavy (non-hydrogen) atoms. The number of ether oxygens (including phenoxy) is 1. The van der Waals surface area contributed by atoms with Crippen molar-refractivity contribution in [1.82, 2.24) is 5.48 Å². The Morgan fingerprint density at radius 1 is 1.80 bits per heavy atom. The topological polar surface area (TPSA) is 47.6 Å². The van der Waals surface area contributed by atoms with Gasteiger partial charge in [0, 0.05) is 6.20 Å². The molecular formula is C6H7NO3. The Labute approximate surface area is 58.1 Å². The van der Waals surface area contributed by atoms with Crippen molar-refractivity contribution < 1.29 is 14.4 Å². The number of allylic oxidation sites excluding steroid dienone is 2. The van der Waals surface area contributed by atoms with Gasteiger partial charge in [0.2, 0.25) is 5.76 Å². The summed E-state index contributed by atoms with van der Waals surface area (Å²) in [5.74, 6) is -0.332. The average Bonchev–Trinajstić information content (AvgIpc) is 2.05. The molecule has 1 aliphatic heterocycles. The molecule has 1 N–H and O–H groups in total. The normalized spacial score (nSPS) is 14.7. The van der Waals surface area contributed by atoms with Crippen LogP contribution >= 0.6 is 0 Å². The van der Waals surface area contributed by atoms with Gasteiger partial charge in [-0.25, -0.2) is 10.3 Å². The molecule has 0 bridgehead atoms. The highest BCUT2D eigenvalue weighted by atomic mass is 16.7. The molecule has 0 atom stereocenters. The molecule has 0 spiro atoms. The van der Waals surface area contributed by atoms with Gasteiger partial charge >= 0.3 is 5.97 Å². The zero-order valence-electron chi connectivity index (χ0n) is 5.46. The van der Waals surface area contributed by atoms with Crippen LogP contribution in [0.15, 0.2) is 24.1 Å². The van der Waals surface area contributed by atoms with Gasteiger partial charge in [0.25, 0.3) is 0 Å². The lowest BCUT2D eigenvalue weighted by atomic mass is 10.4. The molecule has 0 unspecified atom stereocenters. The van der Waals surface area contributed by atoms with Crippen LogP contribution in [0, 0.1) is 0 Å². The molecule has 0 aromatic heterocycles. The van der Waals surface area contributed by atoms with Gasteiger partial charge in [0.15, 0.2) is 0 Å². The number of hydrogen-bond donors (Lipinski definition) is 1. The van der Waals surface area contributed by atoms with Crippen LogP contribution in [0.1, 0.15) is 0 Å². The standard InChI is InChI=1S/C6H7NO3/c1-9-6(8)5-3-2-4-7-10-5/h2-4,7H,1H3. The van der Waals surface area contributed by atoms with E-state index in [2.05, 4.69) is 15.1 Å². The summed E-state index contributed by atoms with van der Waals surface area (Å²) in [7, 11) is 1.30.